The molecule has 8 nitrogen and oxygen atoms in total. The van der Waals surface area contributed by atoms with Gasteiger partial charge >= 0.3 is 5.97 Å². The zero-order valence-electron chi connectivity index (χ0n) is 12.6. The number of oxazole rings is 1. The van der Waals surface area contributed by atoms with Crippen LogP contribution in [0.15, 0.2) is 4.42 Å². The van der Waals surface area contributed by atoms with E-state index in [1.807, 2.05) is 0 Å². The predicted octanol–water partition coefficient (Wildman–Crippen LogP) is 1.93. The predicted molar refractivity (Wildman–Crippen MR) is 78.1 cm³/mol. The summed E-state index contributed by atoms with van der Waals surface area (Å²) >= 11 is 1.01. The Labute approximate surface area is 130 Å². The van der Waals surface area contributed by atoms with Crippen LogP contribution in [0.3, 0.4) is 0 Å². The molecule has 0 unspecified atom stereocenters. The molecule has 0 aliphatic rings. The number of thiazole rings is 1. The normalized spacial score (nSPS) is 10.5. The quantitative estimate of drug-likeness (QED) is 0.838. The topological polar surface area (TPSA) is 104 Å². The molecule has 0 aliphatic carbocycles. The highest BCUT2D eigenvalue weighted by atomic mass is 32.1. The summed E-state index contributed by atoms with van der Waals surface area (Å²) < 4.78 is 14.9. The number of methoxy groups -OCH3 is 2. The average molecular weight is 325 g/mol. The Kier molecular flexibility index (Phi) is 4.88. The molecule has 0 spiro atoms. The number of anilines is 1. The van der Waals surface area contributed by atoms with E-state index in [9.17, 15) is 9.59 Å². The van der Waals surface area contributed by atoms with Crippen molar-refractivity contribution in [1.82, 2.24) is 9.97 Å². The highest BCUT2D eigenvalue weighted by molar-refractivity contribution is 7.17. The molecular weight excluding hydrogens is 310 g/mol. The van der Waals surface area contributed by atoms with Gasteiger partial charge in [-0.05, 0) is 6.92 Å². The SMILES string of the molecule is COCc1nc(NC(=O)c2nc(C)oc2C)sc1C(=O)OC. The van der Waals surface area contributed by atoms with E-state index in [2.05, 4.69) is 20.0 Å². The van der Waals surface area contributed by atoms with E-state index in [0.29, 0.717) is 17.3 Å². The second kappa shape index (κ2) is 6.67. The van der Waals surface area contributed by atoms with Gasteiger partial charge < -0.3 is 13.9 Å². The second-order valence-electron chi connectivity index (χ2n) is 4.31. The number of carbonyl (C=O) groups excluding carboxylic acids is 2. The molecule has 0 aliphatic heterocycles. The molecule has 9 heteroatoms. The van der Waals surface area contributed by atoms with Crippen molar-refractivity contribution in [3.63, 3.8) is 0 Å². The first kappa shape index (κ1) is 16.1. The van der Waals surface area contributed by atoms with Gasteiger partial charge in [0.05, 0.1) is 19.4 Å². The van der Waals surface area contributed by atoms with Gasteiger partial charge in [-0.15, -0.1) is 0 Å². The lowest BCUT2D eigenvalue weighted by atomic mass is 10.3. The number of nitrogens with one attached hydrogen (secondary N) is 1. The molecule has 0 saturated carbocycles. The minimum absolute atomic E-state index is 0.138. The number of amides is 1. The van der Waals surface area contributed by atoms with Crippen LogP contribution in [0.5, 0.6) is 0 Å². The van der Waals surface area contributed by atoms with Gasteiger partial charge in [0.1, 0.15) is 10.6 Å². The van der Waals surface area contributed by atoms with Crippen molar-refractivity contribution in [1.29, 1.82) is 0 Å². The number of hydrogen-bond acceptors (Lipinski definition) is 8. The zero-order chi connectivity index (χ0) is 16.3. The molecule has 0 radical (unpaired) electrons. The van der Waals surface area contributed by atoms with Crippen molar-refractivity contribution in [2.45, 2.75) is 20.5 Å². The number of ether oxygens (including phenoxy) is 2. The van der Waals surface area contributed by atoms with Crippen LogP contribution in [0.1, 0.15) is 37.5 Å². The van der Waals surface area contributed by atoms with Crippen LogP contribution in [0.2, 0.25) is 0 Å². The van der Waals surface area contributed by atoms with E-state index in [4.69, 9.17) is 9.15 Å². The lowest BCUT2D eigenvalue weighted by molar-refractivity contribution is 0.0601. The molecule has 2 heterocycles. The number of esters is 1. The highest BCUT2D eigenvalue weighted by Gasteiger charge is 2.22. The third-order valence-electron chi connectivity index (χ3n) is 2.69. The molecule has 2 rings (SSSR count). The molecule has 2 aromatic rings. The monoisotopic (exact) mass is 325 g/mol. The molecule has 0 bridgehead atoms. The van der Waals surface area contributed by atoms with E-state index in [0.717, 1.165) is 11.3 Å². The maximum atomic E-state index is 12.2. The van der Waals surface area contributed by atoms with E-state index >= 15 is 0 Å². The Hall–Kier alpha value is -2.26. The largest absolute Gasteiger partial charge is 0.465 e. The van der Waals surface area contributed by atoms with E-state index in [-0.39, 0.29) is 22.3 Å². The third kappa shape index (κ3) is 3.31. The Balaban J connectivity index is 2.24. The van der Waals surface area contributed by atoms with Crippen LogP contribution in [0.25, 0.3) is 0 Å². The number of aryl methyl sites for hydroxylation is 2. The Bertz CT molecular complexity index is 707. The summed E-state index contributed by atoms with van der Waals surface area (Å²) in [5.41, 5.74) is 0.586. The number of carbonyl (C=O) groups is 2. The van der Waals surface area contributed by atoms with Crippen LogP contribution < -0.4 is 5.32 Å². The van der Waals surface area contributed by atoms with E-state index in [1.165, 1.54) is 14.2 Å². The standard InChI is InChI=1S/C13H15N3O5S/c1-6-9(14-7(2)21-6)11(17)16-13-15-8(5-19-3)10(22-13)12(18)20-4/h5H2,1-4H3,(H,15,16,17). The molecule has 1 amide bonds. The van der Waals surface area contributed by atoms with Crippen molar-refractivity contribution < 1.29 is 23.5 Å². The molecular formula is C13H15N3O5S. The maximum Gasteiger partial charge on any atom is 0.350 e. The van der Waals surface area contributed by atoms with E-state index < -0.39 is 11.9 Å². The van der Waals surface area contributed by atoms with Crippen molar-refractivity contribution >= 4 is 28.3 Å². The Morgan fingerprint density at radius 3 is 2.55 bits per heavy atom. The summed E-state index contributed by atoms with van der Waals surface area (Å²) in [6.45, 7) is 3.44. The summed E-state index contributed by atoms with van der Waals surface area (Å²) in [5, 5.41) is 2.85. The minimum Gasteiger partial charge on any atom is -0.465 e. The first-order valence-corrected chi connectivity index (χ1v) is 7.10. The number of aromatic nitrogens is 2. The molecule has 118 valence electrons. The van der Waals surface area contributed by atoms with Gasteiger partial charge in [0.15, 0.2) is 16.7 Å². The minimum atomic E-state index is -0.529. The summed E-state index contributed by atoms with van der Waals surface area (Å²) in [6.07, 6.45) is 0. The van der Waals surface area contributed by atoms with Gasteiger partial charge in [0.25, 0.3) is 5.91 Å². The smallest absolute Gasteiger partial charge is 0.350 e. The lowest BCUT2D eigenvalue weighted by Gasteiger charge is -1.98. The highest BCUT2D eigenvalue weighted by Crippen LogP contribution is 2.25. The summed E-state index contributed by atoms with van der Waals surface area (Å²) in [5.74, 6) is -0.170. The molecule has 1 N–H and O–H groups in total. The van der Waals surface area contributed by atoms with E-state index in [1.54, 1.807) is 13.8 Å². The first-order valence-electron chi connectivity index (χ1n) is 6.28. The van der Waals surface area contributed by atoms with Crippen molar-refractivity contribution in [2.24, 2.45) is 0 Å². The Morgan fingerprint density at radius 1 is 1.27 bits per heavy atom. The fraction of sp³-hybridized carbons (Fsp3) is 0.385. The lowest BCUT2D eigenvalue weighted by Crippen LogP contribution is -2.13. The molecule has 0 atom stereocenters. The summed E-state index contributed by atoms with van der Waals surface area (Å²) in [7, 11) is 2.76. The second-order valence-corrected chi connectivity index (χ2v) is 5.31. The molecule has 0 fully saturated rings. The van der Waals surface area contributed by atoms with Crippen molar-refractivity contribution in [2.75, 3.05) is 19.5 Å². The van der Waals surface area contributed by atoms with Crippen LogP contribution in [-0.2, 0) is 16.1 Å². The fourth-order valence-electron chi connectivity index (χ4n) is 1.79. The van der Waals surface area contributed by atoms with Gasteiger partial charge in [-0.25, -0.2) is 14.8 Å². The van der Waals surface area contributed by atoms with Crippen molar-refractivity contribution in [3.8, 4) is 0 Å². The van der Waals surface area contributed by atoms with Crippen LogP contribution in [0, 0.1) is 13.8 Å². The fourth-order valence-corrected chi connectivity index (χ4v) is 2.67. The number of hydrogen-bond donors (Lipinski definition) is 1. The zero-order valence-corrected chi connectivity index (χ0v) is 13.4. The molecule has 22 heavy (non-hydrogen) atoms. The van der Waals surface area contributed by atoms with Gasteiger partial charge in [0, 0.05) is 14.0 Å². The molecule has 0 aromatic carbocycles. The van der Waals surface area contributed by atoms with Gasteiger partial charge in [-0.2, -0.15) is 0 Å². The third-order valence-corrected chi connectivity index (χ3v) is 3.68. The molecule has 0 saturated heterocycles. The van der Waals surface area contributed by atoms with Gasteiger partial charge in [-0.1, -0.05) is 11.3 Å². The summed E-state index contributed by atoms with van der Waals surface area (Å²) in [4.78, 5) is 32.3. The van der Waals surface area contributed by atoms with Crippen molar-refractivity contribution in [3.05, 3.63) is 27.9 Å². The Morgan fingerprint density at radius 2 is 2.00 bits per heavy atom. The van der Waals surface area contributed by atoms with Crippen LogP contribution in [0.4, 0.5) is 5.13 Å². The van der Waals surface area contributed by atoms with Crippen LogP contribution in [-0.4, -0.2) is 36.1 Å². The summed E-state index contributed by atoms with van der Waals surface area (Å²) in [6, 6.07) is 0. The molecule has 2 aromatic heterocycles. The van der Waals surface area contributed by atoms with Gasteiger partial charge in [0.2, 0.25) is 0 Å². The van der Waals surface area contributed by atoms with Crippen LogP contribution >= 0.6 is 11.3 Å². The maximum absolute atomic E-state index is 12.2. The van der Waals surface area contributed by atoms with Gasteiger partial charge in [-0.3, -0.25) is 10.1 Å². The first-order chi connectivity index (χ1) is 10.5. The number of rotatable bonds is 5. The number of nitrogens with zero attached hydrogens (tertiary/aromatic N) is 2. The average Bonchev–Trinajstić information content (AvgIpc) is 3.01.